The summed E-state index contributed by atoms with van der Waals surface area (Å²) in [7, 11) is 0. The van der Waals surface area contributed by atoms with E-state index in [0.29, 0.717) is 11.1 Å². The van der Waals surface area contributed by atoms with Gasteiger partial charge in [-0.05, 0) is 24.1 Å². The molecule has 3 heteroatoms. The molecule has 0 aliphatic rings. The molecule has 0 aliphatic heterocycles. The van der Waals surface area contributed by atoms with E-state index in [4.69, 9.17) is 10.2 Å². The normalized spacial score (nSPS) is 10.2. The molecular weight excluding hydrogens is 156 g/mol. The standard InChI is InChI=1S/C9H12O3/c1-6-2-7(4-10)8(5-11)9(12)3-6/h2-3,10-12H,4-5H2,1H3. The molecule has 12 heavy (non-hydrogen) atoms. The summed E-state index contributed by atoms with van der Waals surface area (Å²) < 4.78 is 0. The SMILES string of the molecule is Cc1cc(O)c(CO)c(CO)c1. The van der Waals surface area contributed by atoms with Gasteiger partial charge in [0.15, 0.2) is 0 Å². The molecule has 0 bridgehead atoms. The Bertz CT molecular complexity index is 281. The Labute approximate surface area is 70.9 Å². The molecule has 0 saturated carbocycles. The molecule has 1 aromatic carbocycles. The summed E-state index contributed by atoms with van der Waals surface area (Å²) in [6.07, 6.45) is 0. The van der Waals surface area contributed by atoms with E-state index in [0.717, 1.165) is 5.56 Å². The highest BCUT2D eigenvalue weighted by atomic mass is 16.3. The second kappa shape index (κ2) is 3.56. The fraction of sp³-hybridized carbons (Fsp3) is 0.333. The van der Waals surface area contributed by atoms with Crippen molar-refractivity contribution in [3.63, 3.8) is 0 Å². The molecule has 1 rings (SSSR count). The fourth-order valence-electron chi connectivity index (χ4n) is 1.19. The van der Waals surface area contributed by atoms with Crippen LogP contribution in [-0.4, -0.2) is 15.3 Å². The van der Waals surface area contributed by atoms with Crippen molar-refractivity contribution < 1.29 is 15.3 Å². The Morgan fingerprint density at radius 2 is 1.83 bits per heavy atom. The molecule has 0 radical (unpaired) electrons. The highest BCUT2D eigenvalue weighted by Crippen LogP contribution is 2.23. The first-order valence-corrected chi connectivity index (χ1v) is 3.72. The van der Waals surface area contributed by atoms with E-state index in [2.05, 4.69) is 0 Å². The number of phenols is 1. The third-order valence-electron chi connectivity index (χ3n) is 1.79. The molecule has 66 valence electrons. The van der Waals surface area contributed by atoms with Crippen molar-refractivity contribution in [1.82, 2.24) is 0 Å². The minimum absolute atomic E-state index is 0.0431. The second-order valence-electron chi connectivity index (χ2n) is 2.74. The first-order chi connectivity index (χ1) is 5.69. The van der Waals surface area contributed by atoms with Gasteiger partial charge in [-0.1, -0.05) is 6.07 Å². The highest BCUT2D eigenvalue weighted by Gasteiger charge is 2.06. The van der Waals surface area contributed by atoms with E-state index in [1.807, 2.05) is 6.92 Å². The maximum atomic E-state index is 9.33. The van der Waals surface area contributed by atoms with Crippen molar-refractivity contribution in [2.24, 2.45) is 0 Å². The molecule has 0 heterocycles. The van der Waals surface area contributed by atoms with Crippen molar-refractivity contribution in [2.75, 3.05) is 0 Å². The van der Waals surface area contributed by atoms with E-state index in [1.54, 1.807) is 12.1 Å². The van der Waals surface area contributed by atoms with Crippen LogP contribution >= 0.6 is 0 Å². The third-order valence-corrected chi connectivity index (χ3v) is 1.79. The van der Waals surface area contributed by atoms with Gasteiger partial charge in [-0.3, -0.25) is 0 Å². The summed E-state index contributed by atoms with van der Waals surface area (Å²) in [4.78, 5) is 0. The van der Waals surface area contributed by atoms with Crippen molar-refractivity contribution in [3.8, 4) is 5.75 Å². The molecule has 0 spiro atoms. The van der Waals surface area contributed by atoms with Crippen molar-refractivity contribution >= 4 is 0 Å². The van der Waals surface area contributed by atoms with Gasteiger partial charge in [0.25, 0.3) is 0 Å². The average Bonchev–Trinajstić information content (AvgIpc) is 2.03. The van der Waals surface area contributed by atoms with Crippen LogP contribution in [0.5, 0.6) is 5.75 Å². The van der Waals surface area contributed by atoms with Crippen molar-refractivity contribution in [2.45, 2.75) is 20.1 Å². The predicted octanol–water partition coefficient (Wildman–Crippen LogP) is 0.685. The number of rotatable bonds is 2. The summed E-state index contributed by atoms with van der Waals surface area (Å²) in [6.45, 7) is 1.41. The zero-order chi connectivity index (χ0) is 9.14. The van der Waals surface area contributed by atoms with Crippen LogP contribution in [0.25, 0.3) is 0 Å². The molecule has 0 amide bonds. The summed E-state index contributed by atoms with van der Waals surface area (Å²) >= 11 is 0. The lowest BCUT2D eigenvalue weighted by atomic mass is 10.0. The minimum Gasteiger partial charge on any atom is -0.508 e. The number of aliphatic hydroxyl groups excluding tert-OH is 2. The van der Waals surface area contributed by atoms with Crippen LogP contribution in [-0.2, 0) is 13.2 Å². The maximum absolute atomic E-state index is 9.33. The lowest BCUT2D eigenvalue weighted by Crippen LogP contribution is -1.95. The van der Waals surface area contributed by atoms with Gasteiger partial charge in [-0.15, -0.1) is 0 Å². The van der Waals surface area contributed by atoms with Gasteiger partial charge in [0, 0.05) is 5.56 Å². The van der Waals surface area contributed by atoms with Crippen LogP contribution in [0.4, 0.5) is 0 Å². The van der Waals surface area contributed by atoms with Gasteiger partial charge < -0.3 is 15.3 Å². The number of hydrogen-bond acceptors (Lipinski definition) is 3. The number of hydrogen-bond donors (Lipinski definition) is 3. The Morgan fingerprint density at radius 3 is 2.33 bits per heavy atom. The van der Waals surface area contributed by atoms with Crippen LogP contribution in [0.15, 0.2) is 12.1 Å². The topological polar surface area (TPSA) is 60.7 Å². The Morgan fingerprint density at radius 1 is 1.17 bits per heavy atom. The van der Waals surface area contributed by atoms with Gasteiger partial charge in [0.1, 0.15) is 5.75 Å². The number of aryl methyl sites for hydroxylation is 1. The Hall–Kier alpha value is -1.06. The van der Waals surface area contributed by atoms with E-state index in [9.17, 15) is 5.11 Å². The van der Waals surface area contributed by atoms with Crippen molar-refractivity contribution in [3.05, 3.63) is 28.8 Å². The summed E-state index contributed by atoms with van der Waals surface area (Å²) in [5.74, 6) is 0.0431. The maximum Gasteiger partial charge on any atom is 0.121 e. The lowest BCUT2D eigenvalue weighted by molar-refractivity contribution is 0.255. The molecule has 3 N–H and O–H groups in total. The molecule has 0 unspecified atom stereocenters. The van der Waals surface area contributed by atoms with Crippen LogP contribution < -0.4 is 0 Å². The Kier molecular flexibility index (Phi) is 2.68. The summed E-state index contributed by atoms with van der Waals surface area (Å²) in [6, 6.07) is 3.30. The average molecular weight is 168 g/mol. The Balaban J connectivity index is 3.24. The lowest BCUT2D eigenvalue weighted by Gasteiger charge is -2.07. The zero-order valence-corrected chi connectivity index (χ0v) is 6.91. The van der Waals surface area contributed by atoms with E-state index in [1.165, 1.54) is 0 Å². The fourth-order valence-corrected chi connectivity index (χ4v) is 1.19. The molecular formula is C9H12O3. The first kappa shape index (κ1) is 9.03. The molecule has 0 saturated heterocycles. The van der Waals surface area contributed by atoms with Gasteiger partial charge in [-0.2, -0.15) is 0 Å². The van der Waals surface area contributed by atoms with Crippen LogP contribution in [0, 0.1) is 6.92 Å². The van der Waals surface area contributed by atoms with E-state index >= 15 is 0 Å². The summed E-state index contributed by atoms with van der Waals surface area (Å²) in [5.41, 5.74) is 1.85. The van der Waals surface area contributed by atoms with Gasteiger partial charge in [0.05, 0.1) is 13.2 Å². The molecule has 0 atom stereocenters. The molecule has 0 fully saturated rings. The van der Waals surface area contributed by atoms with Crippen molar-refractivity contribution in [1.29, 1.82) is 0 Å². The van der Waals surface area contributed by atoms with Crippen LogP contribution in [0.3, 0.4) is 0 Å². The molecule has 0 aliphatic carbocycles. The first-order valence-electron chi connectivity index (χ1n) is 3.72. The number of aliphatic hydroxyl groups is 2. The molecule has 3 nitrogen and oxygen atoms in total. The number of benzene rings is 1. The van der Waals surface area contributed by atoms with E-state index in [-0.39, 0.29) is 19.0 Å². The third kappa shape index (κ3) is 1.57. The van der Waals surface area contributed by atoms with Crippen LogP contribution in [0.2, 0.25) is 0 Å². The van der Waals surface area contributed by atoms with Gasteiger partial charge in [0.2, 0.25) is 0 Å². The zero-order valence-electron chi connectivity index (χ0n) is 6.91. The molecule has 1 aromatic rings. The van der Waals surface area contributed by atoms with Crippen LogP contribution in [0.1, 0.15) is 16.7 Å². The highest BCUT2D eigenvalue weighted by molar-refractivity contribution is 5.41. The predicted molar refractivity (Wildman–Crippen MR) is 44.7 cm³/mol. The summed E-state index contributed by atoms with van der Waals surface area (Å²) in [5, 5.41) is 27.1. The quantitative estimate of drug-likeness (QED) is 0.608. The smallest absolute Gasteiger partial charge is 0.121 e. The minimum atomic E-state index is -0.248. The number of aromatic hydroxyl groups is 1. The van der Waals surface area contributed by atoms with Gasteiger partial charge >= 0.3 is 0 Å². The van der Waals surface area contributed by atoms with Gasteiger partial charge in [-0.25, -0.2) is 0 Å². The second-order valence-corrected chi connectivity index (χ2v) is 2.74. The monoisotopic (exact) mass is 168 g/mol. The molecule has 0 aromatic heterocycles. The van der Waals surface area contributed by atoms with E-state index < -0.39 is 0 Å². The largest absolute Gasteiger partial charge is 0.508 e.